The third-order valence-corrected chi connectivity index (χ3v) is 1.47. The predicted octanol–water partition coefficient (Wildman–Crippen LogP) is 2.49. The fourth-order valence-corrected chi connectivity index (χ4v) is 0.891. The molecule has 0 aliphatic rings. The molecule has 0 heterocycles. The highest BCUT2D eigenvalue weighted by Crippen LogP contribution is 2.15. The molecule has 0 fully saturated rings. The molecule has 0 spiro atoms. The van der Waals surface area contributed by atoms with Crippen molar-refractivity contribution in [3.63, 3.8) is 0 Å². The van der Waals surface area contributed by atoms with Crippen molar-refractivity contribution in [2.24, 2.45) is 0 Å². The van der Waals surface area contributed by atoms with Gasteiger partial charge in [-0.25, -0.2) is 0 Å². The van der Waals surface area contributed by atoms with Crippen molar-refractivity contribution in [1.82, 2.24) is 0 Å². The standard InChI is InChI=1S/C9H8F2O2/c1-6(12)7-3-2-4-8(5-7)13-9(10)11/h2-5,9H,1H3. The molecule has 4 heteroatoms. The van der Waals surface area contributed by atoms with Gasteiger partial charge in [-0.1, -0.05) is 12.1 Å². The van der Waals surface area contributed by atoms with E-state index in [1.807, 2.05) is 0 Å². The van der Waals surface area contributed by atoms with Crippen LogP contribution in [-0.4, -0.2) is 12.4 Å². The Morgan fingerprint density at radius 2 is 2.15 bits per heavy atom. The van der Waals surface area contributed by atoms with Gasteiger partial charge in [-0.15, -0.1) is 0 Å². The van der Waals surface area contributed by atoms with Gasteiger partial charge < -0.3 is 4.74 Å². The molecule has 0 saturated heterocycles. The summed E-state index contributed by atoms with van der Waals surface area (Å²) in [5, 5.41) is 0. The Morgan fingerprint density at radius 1 is 1.46 bits per heavy atom. The van der Waals surface area contributed by atoms with Gasteiger partial charge >= 0.3 is 6.61 Å². The van der Waals surface area contributed by atoms with Crippen molar-refractivity contribution < 1.29 is 18.3 Å². The van der Waals surface area contributed by atoms with E-state index in [-0.39, 0.29) is 11.5 Å². The second kappa shape index (κ2) is 3.98. The van der Waals surface area contributed by atoms with Gasteiger partial charge in [0.15, 0.2) is 5.78 Å². The lowest BCUT2D eigenvalue weighted by Crippen LogP contribution is -2.02. The summed E-state index contributed by atoms with van der Waals surface area (Å²) in [4.78, 5) is 10.8. The molecule has 0 saturated carbocycles. The smallest absolute Gasteiger partial charge is 0.387 e. The van der Waals surface area contributed by atoms with E-state index in [0.29, 0.717) is 5.56 Å². The van der Waals surface area contributed by atoms with Crippen molar-refractivity contribution in [2.75, 3.05) is 0 Å². The van der Waals surface area contributed by atoms with E-state index in [4.69, 9.17) is 0 Å². The van der Waals surface area contributed by atoms with Crippen LogP contribution in [0.3, 0.4) is 0 Å². The van der Waals surface area contributed by atoms with E-state index in [9.17, 15) is 13.6 Å². The normalized spacial score (nSPS) is 10.2. The highest BCUT2D eigenvalue weighted by molar-refractivity contribution is 5.94. The molecule has 0 aromatic heterocycles. The topological polar surface area (TPSA) is 26.3 Å². The van der Waals surface area contributed by atoms with Gasteiger partial charge in [0.2, 0.25) is 0 Å². The number of alkyl halides is 2. The molecular formula is C9H8F2O2. The molecule has 13 heavy (non-hydrogen) atoms. The Hall–Kier alpha value is -1.45. The lowest BCUT2D eigenvalue weighted by Gasteiger charge is -2.04. The molecule has 0 bridgehead atoms. The first-order valence-electron chi connectivity index (χ1n) is 3.65. The van der Waals surface area contributed by atoms with E-state index >= 15 is 0 Å². The Bertz CT molecular complexity index is 310. The van der Waals surface area contributed by atoms with Gasteiger partial charge in [0.25, 0.3) is 0 Å². The second-order valence-electron chi connectivity index (χ2n) is 2.46. The molecule has 2 nitrogen and oxygen atoms in total. The summed E-state index contributed by atoms with van der Waals surface area (Å²) in [5.41, 5.74) is 0.359. The van der Waals surface area contributed by atoms with Crippen LogP contribution < -0.4 is 4.74 Å². The predicted molar refractivity (Wildman–Crippen MR) is 43.1 cm³/mol. The van der Waals surface area contributed by atoms with Gasteiger partial charge in [0, 0.05) is 5.56 Å². The third-order valence-electron chi connectivity index (χ3n) is 1.47. The highest BCUT2D eigenvalue weighted by atomic mass is 19.3. The van der Waals surface area contributed by atoms with E-state index in [1.165, 1.54) is 25.1 Å². The average molecular weight is 186 g/mol. The molecule has 1 aromatic carbocycles. The van der Waals surface area contributed by atoms with E-state index in [0.717, 1.165) is 0 Å². The molecule has 0 aliphatic heterocycles. The van der Waals surface area contributed by atoms with Gasteiger partial charge in [0.05, 0.1) is 0 Å². The summed E-state index contributed by atoms with van der Waals surface area (Å²) in [7, 11) is 0. The minimum atomic E-state index is -2.86. The fraction of sp³-hybridized carbons (Fsp3) is 0.222. The maximum atomic E-state index is 11.7. The second-order valence-corrected chi connectivity index (χ2v) is 2.46. The quantitative estimate of drug-likeness (QED) is 0.678. The van der Waals surface area contributed by atoms with E-state index < -0.39 is 6.61 Å². The SMILES string of the molecule is CC(=O)c1cccc(OC(F)F)c1. The van der Waals surface area contributed by atoms with E-state index in [1.54, 1.807) is 6.07 Å². The van der Waals surface area contributed by atoms with Crippen LogP contribution in [0, 0.1) is 0 Å². The summed E-state index contributed by atoms with van der Waals surface area (Å²) in [6.07, 6.45) is 0. The maximum absolute atomic E-state index is 11.7. The minimum Gasteiger partial charge on any atom is -0.435 e. The zero-order valence-corrected chi connectivity index (χ0v) is 6.96. The molecule has 1 aromatic rings. The van der Waals surface area contributed by atoms with Crippen LogP contribution >= 0.6 is 0 Å². The number of halogens is 2. The third kappa shape index (κ3) is 2.82. The Balaban J connectivity index is 2.85. The first-order valence-corrected chi connectivity index (χ1v) is 3.65. The van der Waals surface area contributed by atoms with Crippen molar-refractivity contribution in [3.05, 3.63) is 29.8 Å². The van der Waals surface area contributed by atoms with Crippen molar-refractivity contribution in [2.45, 2.75) is 13.5 Å². The van der Waals surface area contributed by atoms with Crippen LogP contribution in [-0.2, 0) is 0 Å². The molecule has 70 valence electrons. The summed E-state index contributed by atoms with van der Waals surface area (Å²) in [6.45, 7) is -1.50. The number of Topliss-reactive ketones (excluding diaryl/α,β-unsaturated/α-hetero) is 1. The van der Waals surface area contributed by atoms with Crippen LogP contribution in [0.15, 0.2) is 24.3 Å². The number of ether oxygens (including phenoxy) is 1. The zero-order chi connectivity index (χ0) is 9.84. The number of benzene rings is 1. The first-order chi connectivity index (χ1) is 6.09. The number of rotatable bonds is 3. The van der Waals surface area contributed by atoms with Crippen molar-refractivity contribution >= 4 is 5.78 Å². The lowest BCUT2D eigenvalue weighted by molar-refractivity contribution is -0.0498. The summed E-state index contributed by atoms with van der Waals surface area (Å²) < 4.78 is 27.6. The van der Waals surface area contributed by atoms with Crippen LogP contribution in [0.5, 0.6) is 5.75 Å². The average Bonchev–Trinajstić information content (AvgIpc) is 2.03. The molecule has 0 N–H and O–H groups in total. The molecule has 0 unspecified atom stereocenters. The summed E-state index contributed by atoms with van der Waals surface area (Å²) >= 11 is 0. The van der Waals surface area contributed by atoms with Gasteiger partial charge in [-0.3, -0.25) is 4.79 Å². The number of hydrogen-bond donors (Lipinski definition) is 0. The monoisotopic (exact) mass is 186 g/mol. The Morgan fingerprint density at radius 3 is 2.69 bits per heavy atom. The van der Waals surface area contributed by atoms with Gasteiger partial charge in [-0.05, 0) is 19.1 Å². The minimum absolute atomic E-state index is 0.00250. The van der Waals surface area contributed by atoms with E-state index in [2.05, 4.69) is 4.74 Å². The maximum Gasteiger partial charge on any atom is 0.387 e. The molecule has 0 amide bonds. The summed E-state index contributed by atoms with van der Waals surface area (Å²) in [6, 6.07) is 5.70. The molecule has 0 aliphatic carbocycles. The molecule has 1 rings (SSSR count). The van der Waals surface area contributed by atoms with Crippen LogP contribution in [0.1, 0.15) is 17.3 Å². The highest BCUT2D eigenvalue weighted by Gasteiger charge is 2.05. The number of carbonyl (C=O) groups excluding carboxylic acids is 1. The number of ketones is 1. The van der Waals surface area contributed by atoms with Crippen LogP contribution in [0.2, 0.25) is 0 Å². The Labute approximate surface area is 74.1 Å². The molecule has 0 radical (unpaired) electrons. The largest absolute Gasteiger partial charge is 0.435 e. The van der Waals surface area contributed by atoms with Crippen LogP contribution in [0.25, 0.3) is 0 Å². The number of hydrogen-bond acceptors (Lipinski definition) is 2. The summed E-state index contributed by atoms with van der Waals surface area (Å²) in [5.74, 6) is -0.178. The Kier molecular flexibility index (Phi) is 2.95. The number of carbonyl (C=O) groups is 1. The first kappa shape index (κ1) is 9.64. The van der Waals surface area contributed by atoms with Crippen molar-refractivity contribution in [3.8, 4) is 5.75 Å². The van der Waals surface area contributed by atoms with Gasteiger partial charge in [0.1, 0.15) is 5.75 Å². The fourth-order valence-electron chi connectivity index (χ4n) is 0.891. The van der Waals surface area contributed by atoms with Crippen molar-refractivity contribution in [1.29, 1.82) is 0 Å². The lowest BCUT2D eigenvalue weighted by atomic mass is 10.1. The zero-order valence-electron chi connectivity index (χ0n) is 6.96. The van der Waals surface area contributed by atoms with Crippen LogP contribution in [0.4, 0.5) is 8.78 Å². The van der Waals surface area contributed by atoms with Gasteiger partial charge in [-0.2, -0.15) is 8.78 Å². The molecule has 0 atom stereocenters. The molecular weight excluding hydrogens is 178 g/mol.